The molecule has 1 heterocycles. The smallest absolute Gasteiger partial charge is 0.225 e. The summed E-state index contributed by atoms with van der Waals surface area (Å²) in [6, 6.07) is 7.48. The van der Waals surface area contributed by atoms with Crippen molar-refractivity contribution in [3.63, 3.8) is 0 Å². The molecule has 6 heteroatoms. The Labute approximate surface area is 153 Å². The molecule has 3 rings (SSSR count). The van der Waals surface area contributed by atoms with Crippen LogP contribution in [0.3, 0.4) is 0 Å². The van der Waals surface area contributed by atoms with Gasteiger partial charge in [0.1, 0.15) is 0 Å². The van der Waals surface area contributed by atoms with Gasteiger partial charge in [-0.15, -0.1) is 0 Å². The van der Waals surface area contributed by atoms with E-state index in [4.69, 9.17) is 16.3 Å². The Morgan fingerprint density at radius 2 is 1.64 bits per heavy atom. The molecule has 1 aromatic rings. The number of morpholine rings is 1. The minimum Gasteiger partial charge on any atom is -0.378 e. The van der Waals surface area contributed by atoms with Crippen LogP contribution >= 0.6 is 11.6 Å². The predicted octanol–water partition coefficient (Wildman–Crippen LogP) is 2.62. The molecule has 1 N–H and O–H groups in total. The van der Waals surface area contributed by atoms with Crippen molar-refractivity contribution in [2.45, 2.75) is 32.2 Å². The van der Waals surface area contributed by atoms with Crippen LogP contribution in [0.2, 0.25) is 5.02 Å². The largest absolute Gasteiger partial charge is 0.378 e. The Hall–Kier alpha value is -1.59. The summed E-state index contributed by atoms with van der Waals surface area (Å²) in [6.45, 7) is 3.17. The highest BCUT2D eigenvalue weighted by atomic mass is 35.5. The quantitative estimate of drug-likeness (QED) is 0.893. The van der Waals surface area contributed by atoms with Gasteiger partial charge in [-0.1, -0.05) is 23.7 Å². The van der Waals surface area contributed by atoms with Gasteiger partial charge >= 0.3 is 0 Å². The first-order valence-electron chi connectivity index (χ1n) is 9.02. The summed E-state index contributed by atoms with van der Waals surface area (Å²) in [5.41, 5.74) is 1.04. The van der Waals surface area contributed by atoms with Gasteiger partial charge in [-0.2, -0.15) is 0 Å². The maximum Gasteiger partial charge on any atom is 0.225 e. The highest BCUT2D eigenvalue weighted by Crippen LogP contribution is 2.30. The average molecular weight is 365 g/mol. The fraction of sp³-hybridized carbons (Fsp3) is 0.579. The SMILES string of the molecule is O=C(NCc1ccc(Cl)cc1)C1CCC(C(=O)N2CCOCC2)CC1. The average Bonchev–Trinajstić information content (AvgIpc) is 2.67. The molecule has 2 fully saturated rings. The lowest BCUT2D eigenvalue weighted by molar-refractivity contribution is -0.142. The minimum atomic E-state index is 0.0149. The summed E-state index contributed by atoms with van der Waals surface area (Å²) in [4.78, 5) is 26.8. The Morgan fingerprint density at radius 1 is 1.04 bits per heavy atom. The van der Waals surface area contributed by atoms with Gasteiger partial charge in [0, 0.05) is 36.5 Å². The number of amides is 2. The van der Waals surface area contributed by atoms with Crippen molar-refractivity contribution in [1.82, 2.24) is 10.2 Å². The molecule has 1 saturated carbocycles. The second kappa shape index (κ2) is 8.68. The van der Waals surface area contributed by atoms with Crippen LogP contribution in [0.5, 0.6) is 0 Å². The van der Waals surface area contributed by atoms with Gasteiger partial charge in [-0.05, 0) is 43.4 Å². The summed E-state index contributed by atoms with van der Waals surface area (Å²) in [5.74, 6) is 0.412. The van der Waals surface area contributed by atoms with E-state index in [0.29, 0.717) is 37.9 Å². The van der Waals surface area contributed by atoms with E-state index in [1.54, 1.807) is 0 Å². The number of ether oxygens (including phenoxy) is 1. The zero-order valence-corrected chi connectivity index (χ0v) is 15.1. The lowest BCUT2D eigenvalue weighted by Crippen LogP contribution is -2.45. The third-order valence-electron chi connectivity index (χ3n) is 5.15. The van der Waals surface area contributed by atoms with Crippen molar-refractivity contribution in [3.8, 4) is 0 Å². The zero-order valence-electron chi connectivity index (χ0n) is 14.4. The van der Waals surface area contributed by atoms with Crippen molar-refractivity contribution in [2.75, 3.05) is 26.3 Å². The van der Waals surface area contributed by atoms with Crippen LogP contribution in [-0.2, 0) is 20.9 Å². The second-order valence-electron chi connectivity index (χ2n) is 6.83. The van der Waals surface area contributed by atoms with Crippen molar-refractivity contribution < 1.29 is 14.3 Å². The van der Waals surface area contributed by atoms with Gasteiger partial charge in [0.05, 0.1) is 13.2 Å². The van der Waals surface area contributed by atoms with E-state index >= 15 is 0 Å². The molecule has 2 aliphatic rings. The number of hydrogen-bond acceptors (Lipinski definition) is 3. The van der Waals surface area contributed by atoms with Gasteiger partial charge in [0.15, 0.2) is 0 Å². The summed E-state index contributed by atoms with van der Waals surface area (Å²) in [5, 5.41) is 3.69. The summed E-state index contributed by atoms with van der Waals surface area (Å²) >= 11 is 5.87. The van der Waals surface area contributed by atoms with E-state index in [1.165, 1.54) is 0 Å². The van der Waals surface area contributed by atoms with Gasteiger partial charge in [0.25, 0.3) is 0 Å². The molecule has 1 aliphatic heterocycles. The molecule has 0 atom stereocenters. The number of nitrogens with zero attached hydrogens (tertiary/aromatic N) is 1. The van der Waals surface area contributed by atoms with Crippen LogP contribution in [0, 0.1) is 11.8 Å². The van der Waals surface area contributed by atoms with Gasteiger partial charge in [-0.25, -0.2) is 0 Å². The number of carbonyl (C=O) groups is 2. The predicted molar refractivity (Wildman–Crippen MR) is 96.1 cm³/mol. The van der Waals surface area contributed by atoms with E-state index < -0.39 is 0 Å². The maximum absolute atomic E-state index is 12.5. The van der Waals surface area contributed by atoms with Crippen molar-refractivity contribution in [1.29, 1.82) is 0 Å². The first-order valence-corrected chi connectivity index (χ1v) is 9.40. The molecule has 1 aliphatic carbocycles. The van der Waals surface area contributed by atoms with E-state index in [0.717, 1.165) is 31.2 Å². The molecule has 0 unspecified atom stereocenters. The second-order valence-corrected chi connectivity index (χ2v) is 7.27. The van der Waals surface area contributed by atoms with Crippen LogP contribution in [0.4, 0.5) is 0 Å². The lowest BCUT2D eigenvalue weighted by atomic mass is 9.81. The topological polar surface area (TPSA) is 58.6 Å². The van der Waals surface area contributed by atoms with Crippen LogP contribution in [0.15, 0.2) is 24.3 Å². The van der Waals surface area contributed by atoms with Crippen LogP contribution in [-0.4, -0.2) is 43.0 Å². The fourth-order valence-corrected chi connectivity index (χ4v) is 3.71. The van der Waals surface area contributed by atoms with E-state index in [1.807, 2.05) is 29.2 Å². The first kappa shape index (κ1) is 18.2. The number of benzene rings is 1. The van der Waals surface area contributed by atoms with Crippen molar-refractivity contribution in [3.05, 3.63) is 34.9 Å². The molecular formula is C19H25ClN2O3. The third-order valence-corrected chi connectivity index (χ3v) is 5.40. The Bertz CT molecular complexity index is 591. The molecule has 0 bridgehead atoms. The molecule has 0 aromatic heterocycles. The Balaban J connectivity index is 1.42. The molecule has 1 aromatic carbocycles. The summed E-state index contributed by atoms with van der Waals surface area (Å²) < 4.78 is 5.30. The zero-order chi connectivity index (χ0) is 17.6. The normalized spacial score (nSPS) is 24.0. The standard InChI is InChI=1S/C19H25ClN2O3/c20-17-7-1-14(2-8-17)13-21-18(23)15-3-5-16(6-4-15)19(24)22-9-11-25-12-10-22/h1-2,7-8,15-16H,3-6,9-13H2,(H,21,23). The number of nitrogens with one attached hydrogen (secondary N) is 1. The van der Waals surface area contributed by atoms with E-state index in [9.17, 15) is 9.59 Å². The third kappa shape index (κ3) is 4.95. The van der Waals surface area contributed by atoms with Gasteiger partial charge in [-0.3, -0.25) is 9.59 Å². The van der Waals surface area contributed by atoms with Crippen molar-refractivity contribution >= 4 is 23.4 Å². The Kier molecular flexibility index (Phi) is 6.32. The van der Waals surface area contributed by atoms with Crippen molar-refractivity contribution in [2.24, 2.45) is 11.8 Å². The molecule has 25 heavy (non-hydrogen) atoms. The first-order chi connectivity index (χ1) is 12.1. The molecule has 136 valence electrons. The van der Waals surface area contributed by atoms with E-state index in [-0.39, 0.29) is 23.7 Å². The molecule has 5 nitrogen and oxygen atoms in total. The highest BCUT2D eigenvalue weighted by molar-refractivity contribution is 6.30. The van der Waals surface area contributed by atoms with Gasteiger partial charge in [0.2, 0.25) is 11.8 Å². The number of hydrogen-bond donors (Lipinski definition) is 1. The molecular weight excluding hydrogens is 340 g/mol. The number of carbonyl (C=O) groups excluding carboxylic acids is 2. The van der Waals surface area contributed by atoms with Crippen LogP contribution in [0.1, 0.15) is 31.2 Å². The molecule has 1 saturated heterocycles. The summed E-state index contributed by atoms with van der Waals surface area (Å²) in [7, 11) is 0. The molecule has 0 radical (unpaired) electrons. The number of halogens is 1. The minimum absolute atomic E-state index is 0.0149. The molecule has 0 spiro atoms. The van der Waals surface area contributed by atoms with E-state index in [2.05, 4.69) is 5.32 Å². The number of rotatable bonds is 4. The fourth-order valence-electron chi connectivity index (χ4n) is 3.58. The molecule has 2 amide bonds. The highest BCUT2D eigenvalue weighted by Gasteiger charge is 2.32. The van der Waals surface area contributed by atoms with Gasteiger partial charge < -0.3 is 15.0 Å². The maximum atomic E-state index is 12.5. The lowest BCUT2D eigenvalue weighted by Gasteiger charge is -2.33. The summed E-state index contributed by atoms with van der Waals surface area (Å²) in [6.07, 6.45) is 3.17. The Morgan fingerprint density at radius 3 is 2.28 bits per heavy atom. The van der Waals surface area contributed by atoms with Crippen LogP contribution < -0.4 is 5.32 Å². The monoisotopic (exact) mass is 364 g/mol. The van der Waals surface area contributed by atoms with Crippen LogP contribution in [0.25, 0.3) is 0 Å².